The minimum absolute atomic E-state index is 0.340. The Morgan fingerprint density at radius 1 is 1.10 bits per heavy atom. The first-order valence-electron chi connectivity index (χ1n) is 6.47. The van der Waals surface area contributed by atoms with Crippen LogP contribution in [0.25, 0.3) is 22.1 Å². The van der Waals surface area contributed by atoms with Crippen molar-refractivity contribution in [2.75, 3.05) is 7.11 Å². The van der Waals surface area contributed by atoms with Gasteiger partial charge in [0.25, 0.3) is 0 Å². The van der Waals surface area contributed by atoms with E-state index in [1.54, 1.807) is 19.2 Å². The van der Waals surface area contributed by atoms with Gasteiger partial charge >= 0.3 is 134 Å². The molecular weight excluding hydrogens is 461 g/mol. The fourth-order valence-electron chi connectivity index (χ4n) is 2.30. The SMILES string of the molecule is COc1ccc2c(-c3ccc[c]([Po][CH3])c3)cc(=O)oc2c1. The van der Waals surface area contributed by atoms with E-state index >= 15 is 0 Å². The van der Waals surface area contributed by atoms with Crippen molar-refractivity contribution in [3.8, 4) is 16.9 Å². The minimum atomic E-state index is -0.465. The van der Waals surface area contributed by atoms with E-state index in [1.165, 1.54) is 3.22 Å². The van der Waals surface area contributed by atoms with Crippen LogP contribution in [-0.2, 0) is 0 Å². The van der Waals surface area contributed by atoms with Crippen LogP contribution < -0.4 is 13.6 Å². The van der Waals surface area contributed by atoms with Gasteiger partial charge in [-0.1, -0.05) is 0 Å². The summed E-state index contributed by atoms with van der Waals surface area (Å²) in [5.41, 5.74) is 2.20. The van der Waals surface area contributed by atoms with Crippen molar-refractivity contribution in [3.05, 3.63) is 59.0 Å². The van der Waals surface area contributed by atoms with Gasteiger partial charge in [0.15, 0.2) is 0 Å². The van der Waals surface area contributed by atoms with Crippen molar-refractivity contribution < 1.29 is 9.15 Å². The fraction of sp³-hybridized carbons (Fsp3) is 0.118. The van der Waals surface area contributed by atoms with Crippen molar-refractivity contribution in [2.24, 2.45) is 0 Å². The first-order chi connectivity index (χ1) is 10.2. The third-order valence-corrected chi connectivity index (χ3v) is 6.15. The Balaban J connectivity index is 2.28. The van der Waals surface area contributed by atoms with Gasteiger partial charge < -0.3 is 0 Å². The third kappa shape index (κ3) is 2.87. The number of methoxy groups -OCH3 is 1. The molecule has 4 heteroatoms. The van der Waals surface area contributed by atoms with Gasteiger partial charge in [-0.05, 0) is 0 Å². The molecule has 3 rings (SSSR count). The Hall–Kier alpha value is -1.65. The van der Waals surface area contributed by atoms with Gasteiger partial charge in [-0.3, -0.25) is 0 Å². The van der Waals surface area contributed by atoms with Crippen LogP contribution in [0.3, 0.4) is 0 Å². The van der Waals surface area contributed by atoms with Crippen LogP contribution in [0.2, 0.25) is 4.58 Å². The predicted molar refractivity (Wildman–Crippen MR) is 85.7 cm³/mol. The Labute approximate surface area is 134 Å². The van der Waals surface area contributed by atoms with Crippen molar-refractivity contribution in [1.82, 2.24) is 0 Å². The molecule has 0 bridgehead atoms. The monoisotopic (exact) mass is 475 g/mol. The van der Waals surface area contributed by atoms with Gasteiger partial charge in [0.1, 0.15) is 0 Å². The van der Waals surface area contributed by atoms with Crippen molar-refractivity contribution in [2.45, 2.75) is 4.58 Å². The second kappa shape index (κ2) is 5.99. The molecule has 3 nitrogen and oxygen atoms in total. The molecule has 2 aromatic carbocycles. The maximum absolute atomic E-state index is 11.8. The molecule has 1 heterocycles. The quantitative estimate of drug-likeness (QED) is 0.548. The van der Waals surface area contributed by atoms with Gasteiger partial charge in [-0.25, -0.2) is 0 Å². The van der Waals surface area contributed by atoms with Crippen LogP contribution in [0.4, 0.5) is 0 Å². The van der Waals surface area contributed by atoms with E-state index in [0.717, 1.165) is 16.5 Å². The van der Waals surface area contributed by atoms with E-state index in [4.69, 9.17) is 9.15 Å². The van der Waals surface area contributed by atoms with E-state index in [1.807, 2.05) is 18.2 Å². The summed E-state index contributed by atoms with van der Waals surface area (Å²) in [7, 11) is 1.60. The van der Waals surface area contributed by atoms with E-state index in [0.29, 0.717) is 11.3 Å². The second-order valence-corrected chi connectivity index (χ2v) is 7.99. The average Bonchev–Trinajstić information content (AvgIpc) is 2.53. The first kappa shape index (κ1) is 14.3. The molecule has 0 saturated heterocycles. The molecular formula is C17H14O3Po. The number of hydrogen-bond acceptors (Lipinski definition) is 3. The van der Waals surface area contributed by atoms with E-state index in [-0.39, 0.29) is 5.63 Å². The Bertz CT molecular complexity index is 852. The number of hydrogen-bond donors (Lipinski definition) is 0. The van der Waals surface area contributed by atoms with Gasteiger partial charge in [-0.2, -0.15) is 0 Å². The van der Waals surface area contributed by atoms with E-state index in [9.17, 15) is 4.79 Å². The van der Waals surface area contributed by atoms with Crippen molar-refractivity contribution in [1.29, 1.82) is 0 Å². The number of benzene rings is 2. The molecule has 21 heavy (non-hydrogen) atoms. The Kier molecular flexibility index (Phi) is 4.08. The molecule has 0 fully saturated rings. The molecule has 0 N–H and O–H groups in total. The van der Waals surface area contributed by atoms with Crippen LogP contribution in [0.5, 0.6) is 5.75 Å². The summed E-state index contributed by atoms with van der Waals surface area (Å²) in [6, 6.07) is 15.6. The zero-order chi connectivity index (χ0) is 14.8. The van der Waals surface area contributed by atoms with Gasteiger partial charge in [0.05, 0.1) is 0 Å². The second-order valence-electron chi connectivity index (χ2n) is 4.57. The summed E-state index contributed by atoms with van der Waals surface area (Å²) in [5, 5.41) is 0.925. The molecule has 0 aliphatic rings. The van der Waals surface area contributed by atoms with Crippen molar-refractivity contribution in [3.63, 3.8) is 0 Å². The molecule has 0 radical (unpaired) electrons. The normalized spacial score (nSPS) is 10.8. The summed E-state index contributed by atoms with van der Waals surface area (Å²) >= 11 is -0.465. The summed E-state index contributed by atoms with van der Waals surface area (Å²) in [5.74, 6) is 0.680. The topological polar surface area (TPSA) is 39.4 Å². The van der Waals surface area contributed by atoms with Crippen LogP contribution in [0, 0.1) is 0 Å². The number of rotatable bonds is 3. The summed E-state index contributed by atoms with van der Waals surface area (Å²) < 4.78 is 14.2. The molecule has 0 amide bonds. The molecule has 0 aliphatic carbocycles. The maximum atomic E-state index is 11.8. The van der Waals surface area contributed by atoms with Crippen LogP contribution in [0.1, 0.15) is 0 Å². The standard InChI is InChI=1S/C16H11O3.CH3.Po/c1-18-12-7-8-13-14(11-5-3-2-4-6-11)10-16(17)19-15(13)9-12;;/h2-3,5-10H,1H3;1H3;. The average molecular weight is 475 g/mol. The zero-order valence-corrected chi connectivity index (χ0v) is 14.9. The van der Waals surface area contributed by atoms with Gasteiger partial charge in [0, 0.05) is 0 Å². The Morgan fingerprint density at radius 2 is 1.95 bits per heavy atom. The van der Waals surface area contributed by atoms with E-state index < -0.39 is 23.6 Å². The molecule has 106 valence electrons. The molecule has 0 unspecified atom stereocenters. The number of ether oxygens (including phenoxy) is 1. The summed E-state index contributed by atoms with van der Waals surface area (Å²) in [6.45, 7) is 0. The molecule has 0 spiro atoms. The Morgan fingerprint density at radius 3 is 2.71 bits per heavy atom. The van der Waals surface area contributed by atoms with Crippen LogP contribution >= 0.6 is 0 Å². The molecule has 0 saturated carbocycles. The molecule has 0 atom stereocenters. The summed E-state index contributed by atoms with van der Waals surface area (Å²) in [6.07, 6.45) is 0. The van der Waals surface area contributed by atoms with E-state index in [2.05, 4.69) is 22.8 Å². The van der Waals surface area contributed by atoms with Crippen LogP contribution in [0.15, 0.2) is 57.7 Å². The predicted octanol–water partition coefficient (Wildman–Crippen LogP) is 2.85. The van der Waals surface area contributed by atoms with Gasteiger partial charge in [0.2, 0.25) is 0 Å². The van der Waals surface area contributed by atoms with Gasteiger partial charge in [-0.15, -0.1) is 0 Å². The summed E-state index contributed by atoms with van der Waals surface area (Å²) in [4.78, 5) is 11.8. The third-order valence-electron chi connectivity index (χ3n) is 3.33. The molecule has 0 aliphatic heterocycles. The fourth-order valence-corrected chi connectivity index (χ4v) is 4.09. The first-order valence-corrected chi connectivity index (χ1v) is 11.2. The zero-order valence-electron chi connectivity index (χ0n) is 11.8. The van der Waals surface area contributed by atoms with Crippen molar-refractivity contribution >= 4 is 37.8 Å². The molecule has 3 aromatic rings. The van der Waals surface area contributed by atoms with Crippen LogP contribution in [-0.4, -0.2) is 30.7 Å². The molecule has 1 aromatic heterocycles. The number of fused-ring (bicyclic) bond motifs is 1.